The van der Waals surface area contributed by atoms with E-state index in [0.717, 1.165) is 11.0 Å². The number of carbonyl (C=O) groups excluding carboxylic acids is 2. The maximum absolute atomic E-state index is 15.3. The van der Waals surface area contributed by atoms with Crippen molar-refractivity contribution in [2.75, 3.05) is 18.2 Å². The first-order valence-corrected chi connectivity index (χ1v) is 13.8. The molecule has 40 heavy (non-hydrogen) atoms. The van der Waals surface area contributed by atoms with Crippen molar-refractivity contribution in [3.05, 3.63) is 23.3 Å². The van der Waals surface area contributed by atoms with Gasteiger partial charge in [0.05, 0.1) is 12.2 Å². The van der Waals surface area contributed by atoms with Gasteiger partial charge in [-0.2, -0.15) is 5.26 Å². The van der Waals surface area contributed by atoms with Gasteiger partial charge in [-0.3, -0.25) is 9.32 Å². The second-order valence-electron chi connectivity index (χ2n) is 12.0. The van der Waals surface area contributed by atoms with Crippen LogP contribution in [-0.4, -0.2) is 50.3 Å². The van der Waals surface area contributed by atoms with Crippen LogP contribution in [0.1, 0.15) is 73.8 Å². The molecular formula is C25H35F2N4O8P. The lowest BCUT2D eigenvalue weighted by atomic mass is 9.92. The lowest BCUT2D eigenvalue weighted by Crippen LogP contribution is -2.40. The number of benzene rings is 1. The summed E-state index contributed by atoms with van der Waals surface area (Å²) in [6, 6.07) is 2.33. The molecule has 2 rings (SSSR count). The summed E-state index contributed by atoms with van der Waals surface area (Å²) >= 11 is 0. The van der Waals surface area contributed by atoms with E-state index in [2.05, 4.69) is 9.51 Å². The first-order valence-electron chi connectivity index (χ1n) is 12.2. The Labute approximate surface area is 231 Å². The number of anilines is 1. The van der Waals surface area contributed by atoms with Crippen molar-refractivity contribution in [1.82, 2.24) is 9.55 Å². The number of phosphoric ester groups is 1. The van der Waals surface area contributed by atoms with Crippen molar-refractivity contribution in [3.63, 3.8) is 0 Å². The van der Waals surface area contributed by atoms with Crippen molar-refractivity contribution >= 4 is 36.9 Å². The van der Waals surface area contributed by atoms with Crippen LogP contribution < -0.4 is 4.90 Å². The fourth-order valence-electron chi connectivity index (χ4n) is 3.69. The van der Waals surface area contributed by atoms with Crippen molar-refractivity contribution in [2.24, 2.45) is 5.41 Å². The molecule has 222 valence electrons. The van der Waals surface area contributed by atoms with Crippen LogP contribution in [0, 0.1) is 28.4 Å². The first-order chi connectivity index (χ1) is 18.1. The van der Waals surface area contributed by atoms with Gasteiger partial charge in [0.25, 0.3) is 0 Å². The summed E-state index contributed by atoms with van der Waals surface area (Å²) in [4.78, 5) is 48.8. The number of nitrogens with zero attached hydrogens (tertiary/aromatic N) is 4. The van der Waals surface area contributed by atoms with Gasteiger partial charge in [0.1, 0.15) is 22.7 Å². The summed E-state index contributed by atoms with van der Waals surface area (Å²) < 4.78 is 57.3. The zero-order valence-corrected chi connectivity index (χ0v) is 24.6. The molecule has 0 aliphatic rings. The van der Waals surface area contributed by atoms with E-state index in [1.807, 2.05) is 0 Å². The number of ether oxygens (including phenoxy) is 2. The quantitative estimate of drug-likeness (QED) is 0.229. The molecule has 2 aromatic rings. The number of nitriles is 1. The highest BCUT2D eigenvalue weighted by molar-refractivity contribution is 7.46. The van der Waals surface area contributed by atoms with Crippen molar-refractivity contribution < 1.29 is 46.7 Å². The van der Waals surface area contributed by atoms with Crippen LogP contribution in [0.25, 0.3) is 11.0 Å². The van der Waals surface area contributed by atoms with Gasteiger partial charge in [-0.05, 0) is 46.1 Å². The Hall–Kier alpha value is -3.11. The molecule has 0 unspecified atom stereocenters. The summed E-state index contributed by atoms with van der Waals surface area (Å²) in [6.45, 7) is 12.1. The highest BCUT2D eigenvalue weighted by Gasteiger charge is 2.34. The Kier molecular flexibility index (Phi) is 9.75. The number of hydrogen-bond donors (Lipinski definition) is 2. The molecule has 2 N–H and O–H groups in total. The number of aromatic nitrogens is 2. The zero-order valence-electron chi connectivity index (χ0n) is 23.7. The molecule has 0 aliphatic carbocycles. The fourth-order valence-corrected chi connectivity index (χ4v) is 4.01. The molecule has 1 aromatic heterocycles. The molecule has 0 saturated heterocycles. The molecule has 0 radical (unpaired) electrons. The summed E-state index contributed by atoms with van der Waals surface area (Å²) in [7, 11) is -4.71. The third-order valence-corrected chi connectivity index (χ3v) is 5.97. The predicted molar refractivity (Wildman–Crippen MR) is 140 cm³/mol. The van der Waals surface area contributed by atoms with Crippen LogP contribution >= 0.6 is 7.82 Å². The molecule has 0 atom stereocenters. The fraction of sp³-hybridized carbons (Fsp3) is 0.600. The molecule has 0 fully saturated rings. The van der Waals surface area contributed by atoms with Gasteiger partial charge in [0.2, 0.25) is 11.9 Å². The molecule has 0 spiro atoms. The summed E-state index contributed by atoms with van der Waals surface area (Å²) in [6.07, 6.45) is -1.38. The van der Waals surface area contributed by atoms with E-state index in [1.165, 1.54) is 18.4 Å². The molecule has 0 bridgehead atoms. The van der Waals surface area contributed by atoms with E-state index in [4.69, 9.17) is 19.3 Å². The number of halogens is 2. The Balaban J connectivity index is 2.50. The molecular weight excluding hydrogens is 553 g/mol. The van der Waals surface area contributed by atoms with Crippen molar-refractivity contribution in [2.45, 2.75) is 79.4 Å². The highest BCUT2D eigenvalue weighted by atomic mass is 31.2. The summed E-state index contributed by atoms with van der Waals surface area (Å²) in [5, 5.41) is 9.29. The standard InChI is InChI=1S/C25H35F2N4O8P/c1-23(2,3)12-17(32)30(14-37-22(33)39-25(7,8)9-10-38-40(34,35)36)21-29-19-16(26)11-15(13-28)18(27)20(19)31(21)24(4,5)6/h11H,9-10,12,14H2,1-8H3,(H2,34,35,36). The molecule has 0 aliphatic heterocycles. The molecule has 1 aromatic carbocycles. The average Bonchev–Trinajstić information content (AvgIpc) is 3.15. The van der Waals surface area contributed by atoms with Crippen LogP contribution in [0.15, 0.2) is 6.07 Å². The van der Waals surface area contributed by atoms with Gasteiger partial charge in [0.15, 0.2) is 18.4 Å². The van der Waals surface area contributed by atoms with Crippen molar-refractivity contribution in [1.29, 1.82) is 5.26 Å². The second-order valence-corrected chi connectivity index (χ2v) is 13.2. The third kappa shape index (κ3) is 8.69. The van der Waals surface area contributed by atoms with E-state index in [0.29, 0.717) is 0 Å². The Morgan fingerprint density at radius 1 is 1.15 bits per heavy atom. The Bertz CT molecular complexity index is 1370. The van der Waals surface area contributed by atoms with Gasteiger partial charge >= 0.3 is 14.0 Å². The van der Waals surface area contributed by atoms with Crippen LogP contribution in [0.4, 0.5) is 19.5 Å². The van der Waals surface area contributed by atoms with E-state index < -0.39 is 72.5 Å². The van der Waals surface area contributed by atoms with E-state index in [1.54, 1.807) is 47.6 Å². The largest absolute Gasteiger partial charge is 0.510 e. The molecule has 12 nitrogen and oxygen atoms in total. The smallest absolute Gasteiger partial charge is 0.428 e. The van der Waals surface area contributed by atoms with E-state index in [9.17, 15) is 23.8 Å². The minimum Gasteiger partial charge on any atom is -0.428 e. The van der Waals surface area contributed by atoms with Crippen LogP contribution in [-0.2, 0) is 28.9 Å². The number of carbonyl (C=O) groups is 2. The number of amides is 1. The maximum Gasteiger partial charge on any atom is 0.510 e. The predicted octanol–water partition coefficient (Wildman–Crippen LogP) is 5.10. The molecule has 15 heteroatoms. The van der Waals surface area contributed by atoms with Gasteiger partial charge < -0.3 is 23.8 Å². The molecule has 0 saturated carbocycles. The summed E-state index contributed by atoms with van der Waals surface area (Å²) in [5.74, 6) is -2.78. The molecule has 1 heterocycles. The van der Waals surface area contributed by atoms with Crippen LogP contribution in [0.2, 0.25) is 0 Å². The Morgan fingerprint density at radius 2 is 1.75 bits per heavy atom. The first kappa shape index (κ1) is 33.1. The normalized spacial score (nSPS) is 12.8. The number of imidazole rings is 1. The lowest BCUT2D eigenvalue weighted by molar-refractivity contribution is -0.121. The third-order valence-electron chi connectivity index (χ3n) is 5.45. The van der Waals surface area contributed by atoms with E-state index in [-0.39, 0.29) is 24.3 Å². The number of hydrogen-bond acceptors (Lipinski definition) is 8. The van der Waals surface area contributed by atoms with Gasteiger partial charge in [-0.1, -0.05) is 20.8 Å². The zero-order chi connectivity index (χ0) is 30.8. The Morgan fingerprint density at radius 3 is 2.25 bits per heavy atom. The van der Waals surface area contributed by atoms with Gasteiger partial charge in [-0.25, -0.2) is 28.0 Å². The number of phosphoric acid groups is 1. The second kappa shape index (κ2) is 11.8. The van der Waals surface area contributed by atoms with Gasteiger partial charge in [-0.15, -0.1) is 0 Å². The minimum absolute atomic E-state index is 0.0572. The lowest BCUT2D eigenvalue weighted by Gasteiger charge is -2.31. The SMILES string of the molecule is CC(C)(C)CC(=O)N(COC(=O)OC(C)(C)CCOP(=O)(O)O)c1nc2c(F)cc(C#N)c(F)c2n1C(C)(C)C. The monoisotopic (exact) mass is 588 g/mol. The summed E-state index contributed by atoms with van der Waals surface area (Å²) in [5.41, 5.74) is -4.07. The average molecular weight is 589 g/mol. The number of rotatable bonds is 9. The topological polar surface area (TPSA) is 164 Å². The minimum atomic E-state index is -4.71. The number of fused-ring (bicyclic) bond motifs is 1. The molecule has 1 amide bonds. The van der Waals surface area contributed by atoms with E-state index >= 15 is 4.39 Å². The van der Waals surface area contributed by atoms with Crippen LogP contribution in [0.3, 0.4) is 0 Å². The van der Waals surface area contributed by atoms with Gasteiger partial charge in [0, 0.05) is 18.4 Å². The maximum atomic E-state index is 15.3. The van der Waals surface area contributed by atoms with Crippen LogP contribution in [0.5, 0.6) is 0 Å². The van der Waals surface area contributed by atoms with Crippen molar-refractivity contribution in [3.8, 4) is 6.07 Å². The highest BCUT2D eigenvalue weighted by Crippen LogP contribution is 2.37.